The van der Waals surface area contributed by atoms with Crippen molar-refractivity contribution in [1.29, 1.82) is 0 Å². The maximum Gasteiger partial charge on any atom is 0.167 e. The van der Waals surface area contributed by atoms with Gasteiger partial charge in [-0.3, -0.25) is 0 Å². The van der Waals surface area contributed by atoms with Crippen molar-refractivity contribution in [2.24, 2.45) is 0 Å². The number of hydrogen-bond donors (Lipinski definition) is 0. The van der Waals surface area contributed by atoms with Gasteiger partial charge in [0, 0.05) is 5.39 Å². The first-order chi connectivity index (χ1) is 9.83. The van der Waals surface area contributed by atoms with Gasteiger partial charge in [-0.1, -0.05) is 17.3 Å². The van der Waals surface area contributed by atoms with E-state index in [4.69, 9.17) is 0 Å². The van der Waals surface area contributed by atoms with E-state index < -0.39 is 0 Å². The van der Waals surface area contributed by atoms with Gasteiger partial charge in [-0.15, -0.1) is 5.10 Å². The van der Waals surface area contributed by atoms with Crippen molar-refractivity contribution in [2.45, 2.75) is 0 Å². The third-order valence-electron chi connectivity index (χ3n) is 3.13. The summed E-state index contributed by atoms with van der Waals surface area (Å²) in [6.45, 7) is 0. The Kier molecular flexibility index (Phi) is 2.23. The summed E-state index contributed by atoms with van der Waals surface area (Å²) in [5, 5.41) is 8.78. The summed E-state index contributed by atoms with van der Waals surface area (Å²) in [7, 11) is 0. The lowest BCUT2D eigenvalue weighted by atomic mass is 10.2. The van der Waals surface area contributed by atoms with E-state index >= 15 is 0 Å². The van der Waals surface area contributed by atoms with Gasteiger partial charge < -0.3 is 0 Å². The Bertz CT molecular complexity index is 931. The zero-order valence-corrected chi connectivity index (χ0v) is 10.2. The predicted molar refractivity (Wildman–Crippen MR) is 71.9 cm³/mol. The van der Waals surface area contributed by atoms with Crippen molar-refractivity contribution in [3.8, 4) is 5.82 Å². The van der Waals surface area contributed by atoms with Gasteiger partial charge in [0.1, 0.15) is 17.7 Å². The minimum atomic E-state index is -0.335. The highest BCUT2D eigenvalue weighted by Crippen LogP contribution is 2.21. The van der Waals surface area contributed by atoms with E-state index in [1.165, 1.54) is 18.5 Å². The van der Waals surface area contributed by atoms with Crippen LogP contribution in [0.1, 0.15) is 0 Å². The minimum absolute atomic E-state index is 0.335. The van der Waals surface area contributed by atoms with E-state index in [1.54, 1.807) is 10.7 Å². The molecular weight excluding hydrogens is 257 g/mol. The van der Waals surface area contributed by atoms with Crippen LogP contribution in [0.15, 0.2) is 48.8 Å². The maximum atomic E-state index is 13.5. The smallest absolute Gasteiger partial charge is 0.167 e. The molecule has 0 unspecified atom stereocenters. The van der Waals surface area contributed by atoms with Crippen LogP contribution >= 0.6 is 0 Å². The van der Waals surface area contributed by atoms with Crippen LogP contribution in [0.5, 0.6) is 0 Å². The van der Waals surface area contributed by atoms with Crippen molar-refractivity contribution < 1.29 is 4.39 Å². The second-order valence-corrected chi connectivity index (χ2v) is 4.35. The zero-order chi connectivity index (χ0) is 13.5. The normalized spacial score (nSPS) is 11.2. The van der Waals surface area contributed by atoms with Gasteiger partial charge in [0.05, 0.1) is 11.0 Å². The average molecular weight is 265 g/mol. The summed E-state index contributed by atoms with van der Waals surface area (Å²) in [4.78, 5) is 8.36. The van der Waals surface area contributed by atoms with Gasteiger partial charge >= 0.3 is 0 Å². The van der Waals surface area contributed by atoms with Crippen LogP contribution < -0.4 is 0 Å². The van der Waals surface area contributed by atoms with Crippen LogP contribution in [-0.2, 0) is 0 Å². The third kappa shape index (κ3) is 1.55. The fraction of sp³-hybridized carbons (Fsp3) is 0. The van der Waals surface area contributed by atoms with Crippen LogP contribution in [0, 0.1) is 5.82 Å². The van der Waals surface area contributed by atoms with Crippen molar-refractivity contribution >= 4 is 21.9 Å². The molecule has 0 fully saturated rings. The summed E-state index contributed by atoms with van der Waals surface area (Å²) < 4.78 is 15.1. The monoisotopic (exact) mass is 265 g/mol. The first-order valence-corrected chi connectivity index (χ1v) is 6.04. The molecule has 0 atom stereocenters. The van der Waals surface area contributed by atoms with E-state index in [0.29, 0.717) is 16.7 Å². The largest absolute Gasteiger partial charge is 0.236 e. The molecular formula is C14H8FN5. The molecule has 6 heteroatoms. The number of halogens is 1. The number of benzene rings is 2. The van der Waals surface area contributed by atoms with Crippen LogP contribution in [0.3, 0.4) is 0 Å². The molecule has 5 nitrogen and oxygen atoms in total. The fourth-order valence-electron chi connectivity index (χ4n) is 2.21. The molecule has 2 heterocycles. The molecule has 0 amide bonds. The second-order valence-electron chi connectivity index (χ2n) is 4.35. The Hall–Kier alpha value is -2.89. The summed E-state index contributed by atoms with van der Waals surface area (Å²) >= 11 is 0. The van der Waals surface area contributed by atoms with Crippen LogP contribution in [0.25, 0.3) is 27.8 Å². The highest BCUT2D eigenvalue weighted by atomic mass is 19.1. The summed E-state index contributed by atoms with van der Waals surface area (Å²) in [6, 6.07) is 11.9. The van der Waals surface area contributed by atoms with Crippen molar-refractivity contribution in [3.05, 3.63) is 54.6 Å². The summed E-state index contributed by atoms with van der Waals surface area (Å²) in [5.41, 5.74) is 2.24. The van der Waals surface area contributed by atoms with Gasteiger partial charge in [0.15, 0.2) is 5.82 Å². The second kappa shape index (κ2) is 4.06. The molecule has 0 radical (unpaired) electrons. The number of fused-ring (bicyclic) bond motifs is 2. The van der Waals surface area contributed by atoms with Gasteiger partial charge in [0.2, 0.25) is 0 Å². The molecule has 0 spiro atoms. The Morgan fingerprint density at radius 3 is 2.80 bits per heavy atom. The lowest BCUT2D eigenvalue weighted by Crippen LogP contribution is -2.02. The zero-order valence-electron chi connectivity index (χ0n) is 10.2. The summed E-state index contributed by atoms with van der Waals surface area (Å²) in [6.07, 6.45) is 1.44. The first-order valence-electron chi connectivity index (χ1n) is 6.04. The molecule has 0 N–H and O–H groups in total. The van der Waals surface area contributed by atoms with Gasteiger partial charge in [-0.25, -0.2) is 14.4 Å². The third-order valence-corrected chi connectivity index (χ3v) is 3.13. The van der Waals surface area contributed by atoms with E-state index in [0.717, 1.165) is 11.0 Å². The lowest BCUT2D eigenvalue weighted by molar-refractivity contribution is 0.629. The van der Waals surface area contributed by atoms with Gasteiger partial charge in [-0.2, -0.15) is 4.68 Å². The average Bonchev–Trinajstić information content (AvgIpc) is 2.90. The quantitative estimate of drug-likeness (QED) is 0.530. The van der Waals surface area contributed by atoms with E-state index in [2.05, 4.69) is 20.3 Å². The standard InChI is InChI=1S/C14H8FN5/c15-9-5-6-11-10(7-9)14(17-8-16-11)20-13-4-2-1-3-12(13)18-19-20/h1-8H. The number of nitrogens with zero attached hydrogens (tertiary/aromatic N) is 5. The Labute approximate surface area is 112 Å². The highest BCUT2D eigenvalue weighted by Gasteiger charge is 2.11. The molecule has 20 heavy (non-hydrogen) atoms. The van der Waals surface area contributed by atoms with Crippen molar-refractivity contribution in [3.63, 3.8) is 0 Å². The molecule has 0 bridgehead atoms. The molecule has 96 valence electrons. The molecule has 4 rings (SSSR count). The molecule has 2 aromatic heterocycles. The topological polar surface area (TPSA) is 56.5 Å². The van der Waals surface area contributed by atoms with Gasteiger partial charge in [0.25, 0.3) is 0 Å². The minimum Gasteiger partial charge on any atom is -0.236 e. The molecule has 2 aromatic carbocycles. The molecule has 4 aromatic rings. The van der Waals surface area contributed by atoms with Crippen molar-refractivity contribution in [2.75, 3.05) is 0 Å². The molecule has 0 aliphatic heterocycles. The van der Waals surface area contributed by atoms with Crippen molar-refractivity contribution in [1.82, 2.24) is 25.0 Å². The van der Waals surface area contributed by atoms with Crippen LogP contribution in [-0.4, -0.2) is 25.0 Å². The maximum absolute atomic E-state index is 13.5. The molecule has 0 aliphatic rings. The van der Waals surface area contributed by atoms with Gasteiger partial charge in [-0.05, 0) is 30.3 Å². The highest BCUT2D eigenvalue weighted by molar-refractivity contribution is 5.87. The van der Waals surface area contributed by atoms with E-state index in [-0.39, 0.29) is 5.82 Å². The van der Waals surface area contributed by atoms with Crippen LogP contribution in [0.4, 0.5) is 4.39 Å². The predicted octanol–water partition coefficient (Wildman–Crippen LogP) is 2.50. The first kappa shape index (κ1) is 11.0. The number of para-hydroxylation sites is 1. The number of rotatable bonds is 1. The number of aromatic nitrogens is 5. The molecule has 0 aliphatic carbocycles. The Balaban J connectivity index is 2.09. The lowest BCUT2D eigenvalue weighted by Gasteiger charge is -2.05. The van der Waals surface area contributed by atoms with E-state index in [9.17, 15) is 4.39 Å². The Morgan fingerprint density at radius 1 is 0.950 bits per heavy atom. The Morgan fingerprint density at radius 2 is 1.85 bits per heavy atom. The summed E-state index contributed by atoms with van der Waals surface area (Å²) in [5.74, 6) is 0.182. The number of hydrogen-bond acceptors (Lipinski definition) is 4. The SMILES string of the molecule is Fc1ccc2ncnc(-n3nnc4ccccc43)c2c1. The molecule has 0 saturated heterocycles. The van der Waals surface area contributed by atoms with E-state index in [1.807, 2.05) is 24.3 Å². The molecule has 0 saturated carbocycles. The fourth-order valence-corrected chi connectivity index (χ4v) is 2.21. The van der Waals surface area contributed by atoms with Crippen LogP contribution in [0.2, 0.25) is 0 Å².